The number of furan rings is 1. The van der Waals surface area contributed by atoms with Crippen LogP contribution in [0.5, 0.6) is 0 Å². The number of aryl methyl sites for hydroxylation is 2. The minimum Gasteiger partial charge on any atom is -0.455 e. The highest BCUT2D eigenvalue weighted by molar-refractivity contribution is 5.99. The van der Waals surface area contributed by atoms with Gasteiger partial charge in [-0.1, -0.05) is 18.2 Å². The van der Waals surface area contributed by atoms with E-state index in [0.717, 1.165) is 29.6 Å². The number of hydrogen-bond donors (Lipinski definition) is 1. The van der Waals surface area contributed by atoms with Crippen LogP contribution in [-0.2, 0) is 13.0 Å². The largest absolute Gasteiger partial charge is 0.455 e. The third-order valence-corrected chi connectivity index (χ3v) is 4.95. The van der Waals surface area contributed by atoms with Gasteiger partial charge in [-0.05, 0) is 31.0 Å². The van der Waals surface area contributed by atoms with Crippen LogP contribution in [0, 0.1) is 6.92 Å². The van der Waals surface area contributed by atoms with E-state index in [9.17, 15) is 9.59 Å². The number of aromatic nitrogens is 2. The van der Waals surface area contributed by atoms with Gasteiger partial charge in [-0.2, -0.15) is 0 Å². The third kappa shape index (κ3) is 1.53. The van der Waals surface area contributed by atoms with Crippen LogP contribution in [0.1, 0.15) is 21.7 Å². The fourth-order valence-corrected chi connectivity index (χ4v) is 3.80. The standard InChI is InChI=1S/C19H14N2O3/c1-10-14(9-22)13-8-16-17-12(11-4-2-3-5-15(11)20-17)6-7-21(16)19(23)18(13)24-10/h2-5,8-9,20H,6-7H2,1H3. The lowest BCUT2D eigenvalue weighted by Gasteiger charge is -2.18. The van der Waals surface area contributed by atoms with E-state index in [0.29, 0.717) is 23.3 Å². The fourth-order valence-electron chi connectivity index (χ4n) is 3.80. The summed E-state index contributed by atoms with van der Waals surface area (Å²) in [5.41, 5.74) is 4.58. The number of H-pyrrole nitrogens is 1. The molecule has 4 heterocycles. The molecule has 0 unspecified atom stereocenters. The number of carbonyl (C=O) groups is 1. The van der Waals surface area contributed by atoms with E-state index in [2.05, 4.69) is 11.1 Å². The van der Waals surface area contributed by atoms with Gasteiger partial charge in [0.1, 0.15) is 5.76 Å². The molecule has 0 saturated heterocycles. The summed E-state index contributed by atoms with van der Waals surface area (Å²) >= 11 is 0. The zero-order valence-electron chi connectivity index (χ0n) is 13.1. The van der Waals surface area contributed by atoms with Gasteiger partial charge in [0.25, 0.3) is 5.56 Å². The van der Waals surface area contributed by atoms with Crippen molar-refractivity contribution in [3.63, 3.8) is 0 Å². The van der Waals surface area contributed by atoms with Crippen LogP contribution in [0.3, 0.4) is 0 Å². The normalized spacial score (nSPS) is 13.2. The SMILES string of the molecule is Cc1oc2c(=O)n3c(cc2c1C=O)-c1[nH]c2ccccc2c1CC3. The topological polar surface area (TPSA) is 68.0 Å². The van der Waals surface area contributed by atoms with Gasteiger partial charge in [0.15, 0.2) is 11.9 Å². The van der Waals surface area contributed by atoms with Crippen LogP contribution < -0.4 is 5.56 Å². The number of aldehydes is 1. The quantitative estimate of drug-likeness (QED) is 0.547. The molecule has 1 aliphatic heterocycles. The third-order valence-electron chi connectivity index (χ3n) is 4.95. The van der Waals surface area contributed by atoms with E-state index in [1.54, 1.807) is 11.5 Å². The van der Waals surface area contributed by atoms with Gasteiger partial charge >= 0.3 is 0 Å². The number of nitrogens with one attached hydrogen (secondary N) is 1. The Balaban J connectivity index is 1.93. The van der Waals surface area contributed by atoms with Crippen molar-refractivity contribution in [2.75, 3.05) is 0 Å². The molecule has 5 nitrogen and oxygen atoms in total. The molecular weight excluding hydrogens is 304 g/mol. The minimum absolute atomic E-state index is 0.178. The molecule has 0 radical (unpaired) electrons. The molecule has 118 valence electrons. The lowest BCUT2D eigenvalue weighted by Crippen LogP contribution is -2.25. The summed E-state index contributed by atoms with van der Waals surface area (Å²) in [7, 11) is 0. The summed E-state index contributed by atoms with van der Waals surface area (Å²) in [5.74, 6) is 0.483. The Hall–Kier alpha value is -3.08. The van der Waals surface area contributed by atoms with E-state index in [1.165, 1.54) is 10.9 Å². The molecule has 1 aromatic carbocycles. The molecule has 1 aliphatic rings. The minimum atomic E-state index is -0.178. The Kier molecular flexibility index (Phi) is 2.49. The zero-order chi connectivity index (χ0) is 16.4. The molecule has 3 aromatic heterocycles. The van der Waals surface area contributed by atoms with Crippen LogP contribution in [0.15, 0.2) is 39.5 Å². The number of benzene rings is 1. The molecule has 24 heavy (non-hydrogen) atoms. The van der Waals surface area contributed by atoms with Crippen LogP contribution in [0.4, 0.5) is 0 Å². The first kappa shape index (κ1) is 13.4. The van der Waals surface area contributed by atoms with E-state index < -0.39 is 0 Å². The second-order valence-corrected chi connectivity index (χ2v) is 6.19. The first-order valence-corrected chi connectivity index (χ1v) is 7.91. The van der Waals surface area contributed by atoms with Crippen LogP contribution in [0.25, 0.3) is 33.3 Å². The summed E-state index contributed by atoms with van der Waals surface area (Å²) in [5, 5.41) is 1.77. The summed E-state index contributed by atoms with van der Waals surface area (Å²) < 4.78 is 7.29. The van der Waals surface area contributed by atoms with Crippen LogP contribution in [-0.4, -0.2) is 15.8 Å². The number of aromatic amines is 1. The number of carbonyl (C=O) groups excluding carboxylic acids is 1. The number of pyridine rings is 1. The number of hydrogen-bond acceptors (Lipinski definition) is 3. The van der Waals surface area contributed by atoms with Gasteiger partial charge in [0.05, 0.1) is 17.0 Å². The predicted molar refractivity (Wildman–Crippen MR) is 91.6 cm³/mol. The molecule has 1 N–H and O–H groups in total. The van der Waals surface area contributed by atoms with Crippen molar-refractivity contribution in [1.29, 1.82) is 0 Å². The van der Waals surface area contributed by atoms with Gasteiger partial charge in [-0.3, -0.25) is 9.59 Å². The number of fused-ring (bicyclic) bond motifs is 6. The second-order valence-electron chi connectivity index (χ2n) is 6.19. The van der Waals surface area contributed by atoms with Crippen molar-refractivity contribution in [3.05, 3.63) is 57.6 Å². The van der Waals surface area contributed by atoms with Crippen LogP contribution in [0.2, 0.25) is 0 Å². The Morgan fingerprint density at radius 3 is 2.92 bits per heavy atom. The molecule has 0 spiro atoms. The molecule has 0 bridgehead atoms. The monoisotopic (exact) mass is 318 g/mol. The molecule has 5 heteroatoms. The Bertz CT molecular complexity index is 1210. The Morgan fingerprint density at radius 2 is 2.08 bits per heavy atom. The smallest absolute Gasteiger partial charge is 0.294 e. The highest BCUT2D eigenvalue weighted by atomic mass is 16.3. The van der Waals surface area contributed by atoms with Crippen molar-refractivity contribution < 1.29 is 9.21 Å². The number of nitrogens with zero attached hydrogens (tertiary/aromatic N) is 1. The average Bonchev–Trinajstić information content (AvgIpc) is 3.12. The molecule has 5 rings (SSSR count). The summed E-state index contributed by atoms with van der Waals surface area (Å²) in [6.45, 7) is 2.32. The molecule has 0 amide bonds. The molecule has 4 aromatic rings. The summed E-state index contributed by atoms with van der Waals surface area (Å²) in [4.78, 5) is 27.6. The molecule has 0 aliphatic carbocycles. The first-order valence-electron chi connectivity index (χ1n) is 7.91. The number of rotatable bonds is 1. The van der Waals surface area contributed by atoms with Gasteiger partial charge in [0, 0.05) is 22.8 Å². The maximum Gasteiger partial charge on any atom is 0.294 e. The van der Waals surface area contributed by atoms with E-state index in [1.807, 2.05) is 24.3 Å². The van der Waals surface area contributed by atoms with E-state index >= 15 is 0 Å². The van der Waals surface area contributed by atoms with Crippen molar-refractivity contribution in [1.82, 2.24) is 9.55 Å². The second kappa shape index (κ2) is 4.47. The van der Waals surface area contributed by atoms with Gasteiger partial charge < -0.3 is 14.0 Å². The Morgan fingerprint density at radius 1 is 1.25 bits per heavy atom. The lowest BCUT2D eigenvalue weighted by molar-refractivity contribution is 0.112. The molecule has 0 saturated carbocycles. The van der Waals surface area contributed by atoms with Crippen molar-refractivity contribution >= 4 is 28.2 Å². The van der Waals surface area contributed by atoms with Gasteiger partial charge in [0.2, 0.25) is 0 Å². The van der Waals surface area contributed by atoms with Crippen molar-refractivity contribution in [3.8, 4) is 11.4 Å². The van der Waals surface area contributed by atoms with Gasteiger partial charge in [-0.25, -0.2) is 0 Å². The Labute approximate surface area is 136 Å². The zero-order valence-corrected chi connectivity index (χ0v) is 13.1. The predicted octanol–water partition coefficient (Wildman–Crippen LogP) is 3.42. The first-order chi connectivity index (χ1) is 11.7. The van der Waals surface area contributed by atoms with E-state index in [-0.39, 0.29) is 11.1 Å². The highest BCUT2D eigenvalue weighted by Gasteiger charge is 2.25. The average molecular weight is 318 g/mol. The number of para-hydroxylation sites is 1. The lowest BCUT2D eigenvalue weighted by atomic mass is 10.0. The summed E-state index contributed by atoms with van der Waals surface area (Å²) in [6.07, 6.45) is 1.55. The maximum absolute atomic E-state index is 12.8. The summed E-state index contributed by atoms with van der Waals surface area (Å²) in [6, 6.07) is 10.0. The highest BCUT2D eigenvalue weighted by Crippen LogP contribution is 2.35. The molecular formula is C19H14N2O3. The van der Waals surface area contributed by atoms with Gasteiger partial charge in [-0.15, -0.1) is 0 Å². The van der Waals surface area contributed by atoms with Crippen LogP contribution >= 0.6 is 0 Å². The molecule has 0 atom stereocenters. The maximum atomic E-state index is 12.8. The van der Waals surface area contributed by atoms with E-state index in [4.69, 9.17) is 4.42 Å². The molecule has 0 fully saturated rings. The van der Waals surface area contributed by atoms with Crippen molar-refractivity contribution in [2.45, 2.75) is 19.9 Å². The fraction of sp³-hybridized carbons (Fsp3) is 0.158. The van der Waals surface area contributed by atoms with Crippen molar-refractivity contribution in [2.24, 2.45) is 0 Å².